The monoisotopic (exact) mass is 357 g/mol. The average Bonchev–Trinajstić information content (AvgIpc) is 2.40. The van der Waals surface area contributed by atoms with Crippen molar-refractivity contribution in [3.63, 3.8) is 0 Å². The van der Waals surface area contributed by atoms with Crippen LogP contribution in [0.3, 0.4) is 0 Å². The van der Waals surface area contributed by atoms with Crippen molar-refractivity contribution in [3.8, 4) is 17.8 Å². The molecular weight excluding hydrogens is 346 g/mol. The minimum absolute atomic E-state index is 0.0232. The number of aromatic nitrogens is 3. The Kier molecular flexibility index (Phi) is 4.77. The fourth-order valence-electron chi connectivity index (χ4n) is 1.61. The summed E-state index contributed by atoms with van der Waals surface area (Å²) in [6.45, 7) is 4.16. The van der Waals surface area contributed by atoms with Crippen molar-refractivity contribution in [2.24, 2.45) is 0 Å². The summed E-state index contributed by atoms with van der Waals surface area (Å²) in [7, 11) is 1.45. The maximum absolute atomic E-state index is 5.79. The Hall–Kier alpha value is -1.40. The van der Waals surface area contributed by atoms with Crippen molar-refractivity contribution < 1.29 is 9.47 Å². The van der Waals surface area contributed by atoms with Crippen LogP contribution in [0.5, 0.6) is 17.8 Å². The fraction of sp³-hybridized carbons (Fsp3) is 0.308. The average molecular weight is 359 g/mol. The molecule has 20 heavy (non-hydrogen) atoms. The largest absolute Gasteiger partial charge is 0.467 e. The van der Waals surface area contributed by atoms with E-state index in [2.05, 4.69) is 44.7 Å². The van der Waals surface area contributed by atoms with Crippen LogP contribution < -0.4 is 9.47 Å². The van der Waals surface area contributed by atoms with Crippen molar-refractivity contribution in [2.45, 2.75) is 19.8 Å². The molecule has 2 rings (SSSR count). The van der Waals surface area contributed by atoms with E-state index in [1.165, 1.54) is 7.11 Å². The van der Waals surface area contributed by atoms with Gasteiger partial charge in [-0.05, 0) is 41.3 Å². The first kappa shape index (κ1) is 15.0. The number of benzene rings is 1. The van der Waals surface area contributed by atoms with Crippen LogP contribution in [0.2, 0.25) is 5.28 Å². The molecular formula is C13H13BrClN3O2. The highest BCUT2D eigenvalue weighted by molar-refractivity contribution is 9.10. The minimum Gasteiger partial charge on any atom is -0.467 e. The number of hydrogen-bond acceptors (Lipinski definition) is 5. The van der Waals surface area contributed by atoms with Gasteiger partial charge in [0.2, 0.25) is 5.28 Å². The van der Waals surface area contributed by atoms with Crippen LogP contribution in [0, 0.1) is 0 Å². The van der Waals surface area contributed by atoms with E-state index in [9.17, 15) is 0 Å². The van der Waals surface area contributed by atoms with Crippen molar-refractivity contribution in [2.75, 3.05) is 7.11 Å². The lowest BCUT2D eigenvalue weighted by atomic mass is 10.0. The van der Waals surface area contributed by atoms with Crippen molar-refractivity contribution in [3.05, 3.63) is 33.5 Å². The Balaban J connectivity index is 2.37. The van der Waals surface area contributed by atoms with E-state index in [1.54, 1.807) is 0 Å². The SMILES string of the molecule is COc1nc(Cl)nc(Oc2ccc(Br)cc2C(C)C)n1. The molecule has 5 nitrogen and oxygen atoms in total. The molecule has 0 aliphatic heterocycles. The normalized spacial score (nSPS) is 10.7. The zero-order valence-electron chi connectivity index (χ0n) is 11.2. The summed E-state index contributed by atoms with van der Waals surface area (Å²) in [6, 6.07) is 5.96. The summed E-state index contributed by atoms with van der Waals surface area (Å²) < 4.78 is 11.6. The zero-order chi connectivity index (χ0) is 14.7. The maximum Gasteiger partial charge on any atom is 0.329 e. The first-order valence-corrected chi connectivity index (χ1v) is 7.09. The first-order chi connectivity index (χ1) is 9.49. The Morgan fingerprint density at radius 2 is 1.85 bits per heavy atom. The Labute approximate surface area is 130 Å². The van der Waals surface area contributed by atoms with Crippen LogP contribution in [-0.2, 0) is 0 Å². The first-order valence-electron chi connectivity index (χ1n) is 5.92. The highest BCUT2D eigenvalue weighted by atomic mass is 79.9. The molecule has 0 radical (unpaired) electrons. The van der Waals surface area contributed by atoms with Gasteiger partial charge in [-0.15, -0.1) is 4.98 Å². The number of methoxy groups -OCH3 is 1. The summed E-state index contributed by atoms with van der Waals surface area (Å²) in [5, 5.41) is 0.0232. The molecule has 0 unspecified atom stereocenters. The molecule has 0 N–H and O–H groups in total. The smallest absolute Gasteiger partial charge is 0.329 e. The van der Waals surface area contributed by atoms with E-state index in [1.807, 2.05) is 18.2 Å². The second-order valence-electron chi connectivity index (χ2n) is 4.31. The molecule has 1 aromatic heterocycles. The highest BCUT2D eigenvalue weighted by Gasteiger charge is 2.13. The van der Waals surface area contributed by atoms with Crippen LogP contribution in [0.4, 0.5) is 0 Å². The lowest BCUT2D eigenvalue weighted by Gasteiger charge is -2.13. The van der Waals surface area contributed by atoms with Gasteiger partial charge in [-0.2, -0.15) is 9.97 Å². The van der Waals surface area contributed by atoms with E-state index in [0.29, 0.717) is 11.7 Å². The molecule has 1 aromatic carbocycles. The van der Waals surface area contributed by atoms with Crippen LogP contribution in [-0.4, -0.2) is 22.1 Å². The van der Waals surface area contributed by atoms with Crippen molar-refractivity contribution >= 4 is 27.5 Å². The molecule has 7 heteroatoms. The van der Waals surface area contributed by atoms with Gasteiger partial charge in [0.05, 0.1) is 7.11 Å². The van der Waals surface area contributed by atoms with Crippen LogP contribution >= 0.6 is 27.5 Å². The topological polar surface area (TPSA) is 57.1 Å². The van der Waals surface area contributed by atoms with Gasteiger partial charge in [0, 0.05) is 4.47 Å². The lowest BCUT2D eigenvalue weighted by molar-refractivity contribution is 0.358. The van der Waals surface area contributed by atoms with Gasteiger partial charge in [0.25, 0.3) is 0 Å². The summed E-state index contributed by atoms with van der Waals surface area (Å²) >= 11 is 9.24. The van der Waals surface area contributed by atoms with Gasteiger partial charge in [0.15, 0.2) is 0 Å². The molecule has 106 valence electrons. The predicted molar refractivity (Wildman–Crippen MR) is 79.7 cm³/mol. The minimum atomic E-state index is 0.0232. The summed E-state index contributed by atoms with van der Waals surface area (Å²) in [5.41, 5.74) is 1.04. The Bertz CT molecular complexity index is 623. The molecule has 0 aliphatic rings. The molecule has 0 saturated carbocycles. The highest BCUT2D eigenvalue weighted by Crippen LogP contribution is 2.32. The molecule has 0 fully saturated rings. The van der Waals surface area contributed by atoms with Gasteiger partial charge in [-0.25, -0.2) is 0 Å². The summed E-state index contributed by atoms with van der Waals surface area (Å²) in [5.74, 6) is 0.967. The van der Waals surface area contributed by atoms with Crippen LogP contribution in [0.1, 0.15) is 25.3 Å². The molecule has 0 saturated heterocycles. The number of ether oxygens (including phenoxy) is 2. The molecule has 0 atom stereocenters. The number of hydrogen-bond donors (Lipinski definition) is 0. The number of nitrogens with zero attached hydrogens (tertiary/aromatic N) is 3. The number of halogens is 2. The van der Waals surface area contributed by atoms with E-state index in [4.69, 9.17) is 21.1 Å². The third-order valence-corrected chi connectivity index (χ3v) is 3.21. The second-order valence-corrected chi connectivity index (χ2v) is 5.57. The van der Waals surface area contributed by atoms with Crippen LogP contribution in [0.15, 0.2) is 22.7 Å². The molecule has 2 aromatic rings. The number of rotatable bonds is 4. The predicted octanol–water partition coefficient (Wildman–Crippen LogP) is 4.21. The lowest BCUT2D eigenvalue weighted by Crippen LogP contribution is -2.00. The standard InChI is InChI=1S/C13H13BrClN3O2/c1-7(2)9-6-8(14)4-5-10(9)20-13-17-11(15)16-12(18-13)19-3/h4-7H,1-3H3. The van der Waals surface area contributed by atoms with Crippen LogP contribution in [0.25, 0.3) is 0 Å². The Morgan fingerprint density at radius 3 is 2.50 bits per heavy atom. The maximum atomic E-state index is 5.79. The molecule has 0 bridgehead atoms. The van der Waals surface area contributed by atoms with Gasteiger partial charge >= 0.3 is 12.0 Å². The molecule has 0 aliphatic carbocycles. The van der Waals surface area contributed by atoms with Gasteiger partial charge in [0.1, 0.15) is 5.75 Å². The second kappa shape index (κ2) is 6.37. The van der Waals surface area contributed by atoms with Gasteiger partial charge < -0.3 is 9.47 Å². The molecule has 0 spiro atoms. The van der Waals surface area contributed by atoms with Crippen molar-refractivity contribution in [1.29, 1.82) is 0 Å². The van der Waals surface area contributed by atoms with E-state index >= 15 is 0 Å². The van der Waals surface area contributed by atoms with E-state index < -0.39 is 0 Å². The van der Waals surface area contributed by atoms with Gasteiger partial charge in [-0.1, -0.05) is 29.8 Å². The zero-order valence-corrected chi connectivity index (χ0v) is 13.6. The summed E-state index contributed by atoms with van der Waals surface area (Å²) in [6.07, 6.45) is 0. The van der Waals surface area contributed by atoms with Crippen molar-refractivity contribution in [1.82, 2.24) is 15.0 Å². The molecule has 0 amide bonds. The fourth-order valence-corrected chi connectivity index (χ4v) is 2.14. The van der Waals surface area contributed by atoms with Gasteiger partial charge in [-0.3, -0.25) is 0 Å². The van der Waals surface area contributed by atoms with E-state index in [-0.39, 0.29) is 17.3 Å². The third kappa shape index (κ3) is 3.58. The molecule has 1 heterocycles. The summed E-state index contributed by atoms with van der Waals surface area (Å²) in [4.78, 5) is 11.7. The van der Waals surface area contributed by atoms with E-state index in [0.717, 1.165) is 10.0 Å². The Morgan fingerprint density at radius 1 is 1.15 bits per heavy atom. The third-order valence-electron chi connectivity index (χ3n) is 2.54. The quantitative estimate of drug-likeness (QED) is 0.819.